The lowest BCUT2D eigenvalue weighted by Gasteiger charge is -2.21. The van der Waals surface area contributed by atoms with Crippen molar-refractivity contribution in [3.63, 3.8) is 0 Å². The Morgan fingerprint density at radius 1 is 1.42 bits per heavy atom. The molecule has 0 saturated heterocycles. The fraction of sp³-hybridized carbons (Fsp3) is 0.500. The van der Waals surface area contributed by atoms with Crippen LogP contribution in [0.25, 0.3) is 0 Å². The number of hydrogen-bond acceptors (Lipinski definition) is 3. The fourth-order valence-electron chi connectivity index (χ4n) is 2.13. The molecule has 5 heteroatoms. The van der Waals surface area contributed by atoms with Crippen molar-refractivity contribution in [1.29, 1.82) is 5.26 Å². The molecular formula is C14H18N2O2S. The van der Waals surface area contributed by atoms with Crippen LogP contribution in [0.1, 0.15) is 30.9 Å². The second kappa shape index (κ2) is 5.32. The number of sulfonamides is 1. The van der Waals surface area contributed by atoms with Crippen LogP contribution in [0.4, 0.5) is 0 Å². The summed E-state index contributed by atoms with van der Waals surface area (Å²) in [6.45, 7) is 4.69. The van der Waals surface area contributed by atoms with Gasteiger partial charge >= 0.3 is 0 Å². The van der Waals surface area contributed by atoms with Crippen molar-refractivity contribution in [2.75, 3.05) is 13.1 Å². The van der Waals surface area contributed by atoms with Crippen LogP contribution in [0.3, 0.4) is 0 Å². The van der Waals surface area contributed by atoms with Crippen LogP contribution in [0.5, 0.6) is 0 Å². The van der Waals surface area contributed by atoms with Gasteiger partial charge in [0.1, 0.15) is 0 Å². The predicted molar refractivity (Wildman–Crippen MR) is 73.1 cm³/mol. The number of aryl methyl sites for hydroxylation is 1. The Hall–Kier alpha value is -1.38. The minimum absolute atomic E-state index is 0.314. The quantitative estimate of drug-likeness (QED) is 0.830. The van der Waals surface area contributed by atoms with Gasteiger partial charge in [0.15, 0.2) is 0 Å². The summed E-state index contributed by atoms with van der Waals surface area (Å²) in [6.07, 6.45) is 2.25. The highest BCUT2D eigenvalue weighted by molar-refractivity contribution is 7.89. The molecule has 0 amide bonds. The Morgan fingerprint density at radius 3 is 2.58 bits per heavy atom. The highest BCUT2D eigenvalue weighted by Crippen LogP contribution is 2.32. The largest absolute Gasteiger partial charge is 0.243 e. The lowest BCUT2D eigenvalue weighted by Crippen LogP contribution is -2.33. The van der Waals surface area contributed by atoms with E-state index in [1.807, 2.05) is 13.0 Å². The molecule has 2 rings (SSSR count). The number of hydrogen-bond donors (Lipinski definition) is 0. The predicted octanol–water partition coefficient (Wildman–Crippen LogP) is 2.29. The number of rotatable bonds is 5. The first-order valence-corrected chi connectivity index (χ1v) is 7.94. The van der Waals surface area contributed by atoms with E-state index in [1.54, 1.807) is 29.4 Å². The molecule has 0 aliphatic heterocycles. The molecule has 1 fully saturated rings. The molecule has 0 unspecified atom stereocenters. The van der Waals surface area contributed by atoms with E-state index in [4.69, 9.17) is 5.26 Å². The summed E-state index contributed by atoms with van der Waals surface area (Å²) in [5.41, 5.74) is 1.12. The van der Waals surface area contributed by atoms with Gasteiger partial charge in [0.25, 0.3) is 0 Å². The second-order valence-electron chi connectivity index (χ2n) is 4.99. The van der Waals surface area contributed by atoms with Gasteiger partial charge in [-0.2, -0.15) is 9.57 Å². The van der Waals surface area contributed by atoms with Crippen molar-refractivity contribution in [3.8, 4) is 6.07 Å². The molecule has 1 aromatic carbocycles. The van der Waals surface area contributed by atoms with Crippen LogP contribution in [-0.2, 0) is 10.0 Å². The van der Waals surface area contributed by atoms with Crippen LogP contribution in [0, 0.1) is 24.2 Å². The molecule has 0 radical (unpaired) electrons. The zero-order valence-electron chi connectivity index (χ0n) is 11.3. The number of nitrogens with zero attached hydrogens (tertiary/aromatic N) is 2. The second-order valence-corrected chi connectivity index (χ2v) is 6.90. The normalized spacial score (nSPS) is 15.5. The fourth-order valence-corrected chi connectivity index (χ4v) is 3.86. The van der Waals surface area contributed by atoms with Crippen LogP contribution < -0.4 is 0 Å². The van der Waals surface area contributed by atoms with Crippen molar-refractivity contribution >= 4 is 10.0 Å². The molecule has 19 heavy (non-hydrogen) atoms. The minimum Gasteiger partial charge on any atom is -0.207 e. The summed E-state index contributed by atoms with van der Waals surface area (Å²) in [4.78, 5) is 0.314. The topological polar surface area (TPSA) is 61.2 Å². The van der Waals surface area contributed by atoms with Crippen molar-refractivity contribution < 1.29 is 8.42 Å². The molecule has 0 spiro atoms. The molecule has 0 aromatic heterocycles. The van der Waals surface area contributed by atoms with Gasteiger partial charge in [0, 0.05) is 13.1 Å². The van der Waals surface area contributed by atoms with Crippen molar-refractivity contribution in [3.05, 3.63) is 29.3 Å². The molecule has 4 nitrogen and oxygen atoms in total. The Bertz CT molecular complexity index is 613. The third-order valence-corrected chi connectivity index (χ3v) is 5.53. The zero-order valence-corrected chi connectivity index (χ0v) is 12.1. The SMILES string of the molecule is CCN(CC1CC1)S(=O)(=O)c1ccc(C#N)cc1C. The molecule has 102 valence electrons. The number of nitriles is 1. The maximum atomic E-state index is 12.6. The smallest absolute Gasteiger partial charge is 0.207 e. The first-order valence-electron chi connectivity index (χ1n) is 6.50. The Kier molecular flexibility index (Phi) is 3.93. The molecule has 0 heterocycles. The molecular weight excluding hydrogens is 260 g/mol. The van der Waals surface area contributed by atoms with E-state index in [2.05, 4.69) is 0 Å². The molecule has 0 bridgehead atoms. The maximum absolute atomic E-state index is 12.6. The van der Waals surface area contributed by atoms with Gasteiger partial charge in [-0.25, -0.2) is 8.42 Å². The third-order valence-electron chi connectivity index (χ3n) is 3.43. The Balaban J connectivity index is 2.34. The molecule has 0 atom stereocenters. The molecule has 1 aliphatic rings. The van der Waals surface area contributed by atoms with E-state index < -0.39 is 10.0 Å². The van der Waals surface area contributed by atoms with E-state index in [0.29, 0.717) is 35.0 Å². The highest BCUT2D eigenvalue weighted by atomic mass is 32.2. The summed E-state index contributed by atoms with van der Waals surface area (Å²) in [7, 11) is -3.44. The van der Waals surface area contributed by atoms with Crippen molar-refractivity contribution in [2.45, 2.75) is 31.6 Å². The molecule has 0 N–H and O–H groups in total. The standard InChI is InChI=1S/C14H18N2O2S/c1-3-16(10-12-4-5-12)19(17,18)14-7-6-13(9-15)8-11(14)2/h6-8,12H,3-5,10H2,1-2H3. The van der Waals surface area contributed by atoms with E-state index in [9.17, 15) is 8.42 Å². The average Bonchev–Trinajstić information content (AvgIpc) is 3.19. The van der Waals surface area contributed by atoms with Gasteiger partial charge in [0.2, 0.25) is 10.0 Å². The van der Waals surface area contributed by atoms with Crippen molar-refractivity contribution in [2.24, 2.45) is 5.92 Å². The highest BCUT2D eigenvalue weighted by Gasteiger charge is 2.31. The van der Waals surface area contributed by atoms with Gasteiger partial charge in [0.05, 0.1) is 16.5 Å². The molecule has 1 aromatic rings. The third kappa shape index (κ3) is 2.96. The summed E-state index contributed by atoms with van der Waals surface area (Å²) < 4.78 is 26.7. The van der Waals surface area contributed by atoms with Gasteiger partial charge in [-0.15, -0.1) is 0 Å². The van der Waals surface area contributed by atoms with E-state index in [0.717, 1.165) is 12.8 Å². The monoisotopic (exact) mass is 278 g/mol. The number of benzene rings is 1. The minimum atomic E-state index is -3.44. The summed E-state index contributed by atoms with van der Waals surface area (Å²) in [6, 6.07) is 6.75. The van der Waals surface area contributed by atoms with Crippen LogP contribution >= 0.6 is 0 Å². The lowest BCUT2D eigenvalue weighted by molar-refractivity contribution is 0.411. The first kappa shape index (κ1) is 14.0. The van der Waals surface area contributed by atoms with Gasteiger partial charge in [-0.3, -0.25) is 0 Å². The van der Waals surface area contributed by atoms with Gasteiger partial charge in [-0.05, 0) is 49.4 Å². The molecule has 1 aliphatic carbocycles. The van der Waals surface area contributed by atoms with Crippen molar-refractivity contribution in [1.82, 2.24) is 4.31 Å². The lowest BCUT2D eigenvalue weighted by atomic mass is 10.2. The van der Waals surface area contributed by atoms with Crippen LogP contribution in [0.2, 0.25) is 0 Å². The van der Waals surface area contributed by atoms with Crippen LogP contribution in [0.15, 0.2) is 23.1 Å². The summed E-state index contributed by atoms with van der Waals surface area (Å²) in [5, 5.41) is 8.83. The van der Waals surface area contributed by atoms with E-state index in [-0.39, 0.29) is 0 Å². The van der Waals surface area contributed by atoms with Crippen LogP contribution in [-0.4, -0.2) is 25.8 Å². The van der Waals surface area contributed by atoms with Gasteiger partial charge < -0.3 is 0 Å². The Morgan fingerprint density at radius 2 is 2.11 bits per heavy atom. The Labute approximate surface area is 114 Å². The molecule has 1 saturated carbocycles. The first-order chi connectivity index (χ1) is 8.98. The zero-order chi connectivity index (χ0) is 14.0. The van der Waals surface area contributed by atoms with E-state index >= 15 is 0 Å². The maximum Gasteiger partial charge on any atom is 0.243 e. The average molecular weight is 278 g/mol. The summed E-state index contributed by atoms with van der Waals surface area (Å²) in [5.74, 6) is 0.522. The van der Waals surface area contributed by atoms with Gasteiger partial charge in [-0.1, -0.05) is 6.92 Å². The summed E-state index contributed by atoms with van der Waals surface area (Å²) >= 11 is 0. The van der Waals surface area contributed by atoms with E-state index in [1.165, 1.54) is 0 Å².